The van der Waals surface area contributed by atoms with Crippen molar-refractivity contribution < 1.29 is 9.47 Å². The fourth-order valence-electron chi connectivity index (χ4n) is 2.08. The second kappa shape index (κ2) is 8.32. The van der Waals surface area contributed by atoms with E-state index in [2.05, 4.69) is 42.6 Å². The van der Waals surface area contributed by atoms with Gasteiger partial charge in [-0.15, -0.1) is 0 Å². The van der Waals surface area contributed by atoms with Gasteiger partial charge in [-0.05, 0) is 30.2 Å². The number of rotatable bonds is 8. The molecule has 0 radical (unpaired) electrons. The van der Waals surface area contributed by atoms with Crippen LogP contribution in [0.5, 0.6) is 5.75 Å². The van der Waals surface area contributed by atoms with Crippen LogP contribution in [-0.4, -0.2) is 20.3 Å². The Hall–Kier alpha value is -2.00. The van der Waals surface area contributed by atoms with E-state index in [1.165, 1.54) is 5.56 Å². The number of hydrogen-bond acceptors (Lipinski definition) is 3. The summed E-state index contributed by atoms with van der Waals surface area (Å²) in [5, 5.41) is 3.43. The SMILES string of the molecule is CCc1ccc(NCc2ccccc2OCCOC)cc1. The number of ether oxygens (including phenoxy) is 2. The first-order chi connectivity index (χ1) is 10.3. The van der Waals surface area contributed by atoms with Crippen molar-refractivity contribution in [1.29, 1.82) is 0 Å². The van der Waals surface area contributed by atoms with Crippen LogP contribution in [-0.2, 0) is 17.7 Å². The Balaban J connectivity index is 1.95. The second-order valence-corrected chi connectivity index (χ2v) is 4.85. The summed E-state index contributed by atoms with van der Waals surface area (Å²) in [6.07, 6.45) is 1.07. The quantitative estimate of drug-likeness (QED) is 0.746. The third kappa shape index (κ3) is 4.80. The number of aryl methyl sites for hydroxylation is 1. The molecule has 0 fully saturated rings. The van der Waals surface area contributed by atoms with Gasteiger partial charge in [-0.25, -0.2) is 0 Å². The van der Waals surface area contributed by atoms with Crippen LogP contribution in [0.4, 0.5) is 5.69 Å². The maximum atomic E-state index is 5.74. The van der Waals surface area contributed by atoms with Crippen molar-refractivity contribution in [2.24, 2.45) is 0 Å². The third-order valence-electron chi connectivity index (χ3n) is 3.36. The van der Waals surface area contributed by atoms with E-state index in [0.717, 1.165) is 30.0 Å². The van der Waals surface area contributed by atoms with Crippen molar-refractivity contribution in [1.82, 2.24) is 0 Å². The second-order valence-electron chi connectivity index (χ2n) is 4.85. The molecule has 3 heteroatoms. The smallest absolute Gasteiger partial charge is 0.124 e. The maximum Gasteiger partial charge on any atom is 0.124 e. The molecular formula is C18H23NO2. The predicted octanol–water partition coefficient (Wildman–Crippen LogP) is 3.89. The standard InChI is InChI=1S/C18H23NO2/c1-3-15-8-10-17(11-9-15)19-14-16-6-4-5-7-18(16)21-13-12-20-2/h4-11,19H,3,12-14H2,1-2H3. The number of hydrogen-bond donors (Lipinski definition) is 1. The van der Waals surface area contributed by atoms with Gasteiger partial charge in [0.05, 0.1) is 6.61 Å². The highest BCUT2D eigenvalue weighted by Crippen LogP contribution is 2.20. The number of anilines is 1. The lowest BCUT2D eigenvalue weighted by atomic mass is 10.1. The molecule has 0 amide bonds. The van der Waals surface area contributed by atoms with Gasteiger partial charge in [-0.2, -0.15) is 0 Å². The zero-order valence-corrected chi connectivity index (χ0v) is 12.8. The number of benzene rings is 2. The Morgan fingerprint density at radius 2 is 1.71 bits per heavy atom. The van der Waals surface area contributed by atoms with Gasteiger partial charge in [-0.3, -0.25) is 0 Å². The Bertz CT molecular complexity index is 537. The lowest BCUT2D eigenvalue weighted by Gasteiger charge is -2.13. The van der Waals surface area contributed by atoms with Gasteiger partial charge in [0.15, 0.2) is 0 Å². The monoisotopic (exact) mass is 285 g/mol. The molecule has 2 rings (SSSR count). The Morgan fingerprint density at radius 1 is 0.952 bits per heavy atom. The molecule has 112 valence electrons. The van der Waals surface area contributed by atoms with Crippen LogP contribution in [0.2, 0.25) is 0 Å². The summed E-state index contributed by atoms with van der Waals surface area (Å²) in [7, 11) is 1.68. The van der Waals surface area contributed by atoms with Crippen LogP contribution in [0, 0.1) is 0 Å². The average Bonchev–Trinajstić information content (AvgIpc) is 2.54. The number of methoxy groups -OCH3 is 1. The summed E-state index contributed by atoms with van der Waals surface area (Å²) < 4.78 is 10.8. The summed E-state index contributed by atoms with van der Waals surface area (Å²) in [4.78, 5) is 0. The zero-order chi connectivity index (χ0) is 14.9. The van der Waals surface area contributed by atoms with E-state index < -0.39 is 0 Å². The molecule has 0 aromatic heterocycles. The highest BCUT2D eigenvalue weighted by Gasteiger charge is 2.03. The predicted molar refractivity (Wildman–Crippen MR) is 87.0 cm³/mol. The molecule has 2 aromatic rings. The fourth-order valence-corrected chi connectivity index (χ4v) is 2.08. The van der Waals surface area contributed by atoms with E-state index in [4.69, 9.17) is 9.47 Å². The first-order valence-corrected chi connectivity index (χ1v) is 7.36. The summed E-state index contributed by atoms with van der Waals surface area (Å²) in [5.74, 6) is 0.909. The normalized spacial score (nSPS) is 10.4. The number of para-hydroxylation sites is 1. The van der Waals surface area contributed by atoms with Crippen molar-refractivity contribution >= 4 is 5.69 Å². The molecule has 0 aliphatic heterocycles. The van der Waals surface area contributed by atoms with Crippen LogP contribution < -0.4 is 10.1 Å². The van der Waals surface area contributed by atoms with E-state index in [-0.39, 0.29) is 0 Å². The Kier molecular flexibility index (Phi) is 6.10. The minimum atomic E-state index is 0.568. The first kappa shape index (κ1) is 15.4. The minimum absolute atomic E-state index is 0.568. The molecule has 2 aromatic carbocycles. The Morgan fingerprint density at radius 3 is 2.43 bits per heavy atom. The van der Waals surface area contributed by atoms with Crippen LogP contribution in [0.3, 0.4) is 0 Å². The molecular weight excluding hydrogens is 262 g/mol. The largest absolute Gasteiger partial charge is 0.491 e. The molecule has 0 aliphatic rings. The van der Waals surface area contributed by atoms with Crippen LogP contribution >= 0.6 is 0 Å². The Labute approximate surface area is 126 Å². The van der Waals surface area contributed by atoms with Crippen molar-refractivity contribution in [3.8, 4) is 5.75 Å². The van der Waals surface area contributed by atoms with Gasteiger partial charge in [-0.1, -0.05) is 37.3 Å². The highest BCUT2D eigenvalue weighted by atomic mass is 16.5. The third-order valence-corrected chi connectivity index (χ3v) is 3.36. The van der Waals surface area contributed by atoms with E-state index in [0.29, 0.717) is 13.2 Å². The van der Waals surface area contributed by atoms with Crippen molar-refractivity contribution in [2.45, 2.75) is 19.9 Å². The lowest BCUT2D eigenvalue weighted by Crippen LogP contribution is -2.07. The molecule has 0 spiro atoms. The van der Waals surface area contributed by atoms with Gasteiger partial charge < -0.3 is 14.8 Å². The number of nitrogens with one attached hydrogen (secondary N) is 1. The van der Waals surface area contributed by atoms with E-state index >= 15 is 0 Å². The molecule has 0 bridgehead atoms. The molecule has 0 aliphatic carbocycles. The van der Waals surface area contributed by atoms with E-state index in [1.807, 2.05) is 18.2 Å². The van der Waals surface area contributed by atoms with Gasteiger partial charge in [0.1, 0.15) is 12.4 Å². The van der Waals surface area contributed by atoms with Crippen LogP contribution in [0.15, 0.2) is 48.5 Å². The van der Waals surface area contributed by atoms with Crippen molar-refractivity contribution in [2.75, 3.05) is 25.6 Å². The molecule has 0 saturated heterocycles. The average molecular weight is 285 g/mol. The fraction of sp³-hybridized carbons (Fsp3) is 0.333. The van der Waals surface area contributed by atoms with Crippen molar-refractivity contribution in [3.63, 3.8) is 0 Å². The minimum Gasteiger partial charge on any atom is -0.491 e. The molecule has 1 N–H and O–H groups in total. The maximum absolute atomic E-state index is 5.74. The lowest BCUT2D eigenvalue weighted by molar-refractivity contribution is 0.146. The van der Waals surface area contributed by atoms with Gasteiger partial charge in [0, 0.05) is 24.9 Å². The molecule has 0 atom stereocenters. The van der Waals surface area contributed by atoms with Crippen molar-refractivity contribution in [3.05, 3.63) is 59.7 Å². The summed E-state index contributed by atoms with van der Waals surface area (Å²) in [6.45, 7) is 4.07. The zero-order valence-electron chi connectivity index (χ0n) is 12.8. The molecule has 21 heavy (non-hydrogen) atoms. The van der Waals surface area contributed by atoms with Gasteiger partial charge >= 0.3 is 0 Å². The van der Waals surface area contributed by atoms with Gasteiger partial charge in [0.2, 0.25) is 0 Å². The molecule has 0 heterocycles. The summed E-state index contributed by atoms with van der Waals surface area (Å²) in [5.41, 5.74) is 3.62. The molecule has 0 unspecified atom stereocenters. The molecule has 0 saturated carbocycles. The van der Waals surface area contributed by atoms with Gasteiger partial charge in [0.25, 0.3) is 0 Å². The van der Waals surface area contributed by atoms with E-state index in [1.54, 1.807) is 7.11 Å². The van der Waals surface area contributed by atoms with Crippen LogP contribution in [0.25, 0.3) is 0 Å². The van der Waals surface area contributed by atoms with Crippen LogP contribution in [0.1, 0.15) is 18.1 Å². The topological polar surface area (TPSA) is 30.5 Å². The van der Waals surface area contributed by atoms with E-state index in [9.17, 15) is 0 Å². The molecule has 3 nitrogen and oxygen atoms in total. The highest BCUT2D eigenvalue weighted by molar-refractivity contribution is 5.46. The summed E-state index contributed by atoms with van der Waals surface area (Å²) in [6, 6.07) is 16.6. The summed E-state index contributed by atoms with van der Waals surface area (Å²) >= 11 is 0. The first-order valence-electron chi connectivity index (χ1n) is 7.36.